The highest BCUT2D eigenvalue weighted by Crippen LogP contribution is 2.34. The number of carbonyl (C=O) groups excluding carboxylic acids is 2. The number of carbonyl (C=O) groups is 2. The van der Waals surface area contributed by atoms with Crippen molar-refractivity contribution in [3.8, 4) is 11.8 Å². The van der Waals surface area contributed by atoms with E-state index in [4.69, 9.17) is 13.9 Å². The summed E-state index contributed by atoms with van der Waals surface area (Å²) in [5.74, 6) is 7.58. The normalized spacial score (nSPS) is 18.2. The average molecular weight is 599 g/mol. The second-order valence-corrected chi connectivity index (χ2v) is 13.3. The molecule has 1 saturated heterocycles. The number of aliphatic hydroxyl groups is 1. The maximum Gasteiger partial charge on any atom is 0.334 e. The lowest BCUT2D eigenvalue weighted by atomic mass is 9.86. The lowest BCUT2D eigenvalue weighted by molar-refractivity contribution is -0.166. The van der Waals surface area contributed by atoms with Crippen LogP contribution in [0.25, 0.3) is 11.0 Å². The molecule has 1 aromatic heterocycles. The van der Waals surface area contributed by atoms with Gasteiger partial charge in [0.15, 0.2) is 5.60 Å². The zero-order chi connectivity index (χ0) is 31.9. The first kappa shape index (κ1) is 33.1. The number of ether oxygens (including phenoxy) is 2. The Morgan fingerprint density at radius 3 is 2.32 bits per heavy atom. The Morgan fingerprint density at radius 1 is 1.00 bits per heavy atom. The molecule has 6 heteroatoms. The Labute approximate surface area is 261 Å². The van der Waals surface area contributed by atoms with Crippen molar-refractivity contribution in [3.05, 3.63) is 82.6 Å². The van der Waals surface area contributed by atoms with E-state index in [9.17, 15) is 14.7 Å². The number of benzene rings is 2. The molecule has 1 N–H and O–H groups in total. The van der Waals surface area contributed by atoms with Crippen LogP contribution in [0.4, 0.5) is 0 Å². The zero-order valence-electron chi connectivity index (χ0n) is 26.9. The van der Waals surface area contributed by atoms with Crippen LogP contribution in [0.1, 0.15) is 95.1 Å². The van der Waals surface area contributed by atoms with Crippen LogP contribution < -0.4 is 0 Å². The number of esters is 2. The molecule has 234 valence electrons. The number of aliphatic hydroxyl groups excluding tert-OH is 1. The van der Waals surface area contributed by atoms with Gasteiger partial charge in [-0.2, -0.15) is 0 Å². The molecule has 0 spiro atoms. The minimum atomic E-state index is -1.25. The summed E-state index contributed by atoms with van der Waals surface area (Å²) >= 11 is 0. The molecular formula is C38H46O6. The Kier molecular flexibility index (Phi) is 11.1. The molecule has 0 amide bonds. The van der Waals surface area contributed by atoms with E-state index in [1.807, 2.05) is 68.5 Å². The Balaban J connectivity index is 1.34. The number of rotatable bonds is 12. The van der Waals surface area contributed by atoms with E-state index >= 15 is 0 Å². The number of aryl methyl sites for hydroxylation is 1. The minimum Gasteiger partial charge on any atom is -0.461 e. The second kappa shape index (κ2) is 14.8. The fourth-order valence-electron chi connectivity index (χ4n) is 5.81. The van der Waals surface area contributed by atoms with Gasteiger partial charge in [-0.05, 0) is 80.3 Å². The number of hydrogen-bond donors (Lipinski definition) is 1. The van der Waals surface area contributed by atoms with Gasteiger partial charge in [0.1, 0.15) is 18.0 Å². The van der Waals surface area contributed by atoms with Crippen LogP contribution in [0, 0.1) is 36.5 Å². The molecule has 1 fully saturated rings. The van der Waals surface area contributed by atoms with Crippen LogP contribution >= 0.6 is 0 Å². The molecule has 2 atom stereocenters. The monoisotopic (exact) mass is 598 g/mol. The fourth-order valence-corrected chi connectivity index (χ4v) is 5.81. The van der Waals surface area contributed by atoms with Gasteiger partial charge in [-0.15, -0.1) is 0 Å². The van der Waals surface area contributed by atoms with Gasteiger partial charge in [0, 0.05) is 34.4 Å². The van der Waals surface area contributed by atoms with Gasteiger partial charge in [-0.1, -0.05) is 70.2 Å². The van der Waals surface area contributed by atoms with Crippen molar-refractivity contribution in [2.24, 2.45) is 17.8 Å². The van der Waals surface area contributed by atoms with Crippen molar-refractivity contribution < 1.29 is 28.6 Å². The number of allylic oxidation sites excluding steroid dienone is 1. The standard InChI is InChI=1S/C38H46O6/c1-25(2)17-31(18-26(3)4)13-15-32-22-38(23-39,44-37(32)41)24-42-36(40)19-28(6)35-21-33-20-30(14-16-34(33)43-35)12-11-29-9-7-27(5)8-10-29/h7-10,14-16,20-21,25-26,28,31,39H,13,17-19,22-24H2,1-6H3/b32-15+/t28-,38+/m0/s1. The first-order chi connectivity index (χ1) is 20.9. The Bertz CT molecular complexity index is 1520. The van der Waals surface area contributed by atoms with E-state index < -0.39 is 24.1 Å². The van der Waals surface area contributed by atoms with E-state index in [0.717, 1.165) is 41.4 Å². The molecule has 2 heterocycles. The summed E-state index contributed by atoms with van der Waals surface area (Å²) in [5, 5.41) is 11.1. The molecular weight excluding hydrogens is 552 g/mol. The highest BCUT2D eigenvalue weighted by atomic mass is 16.6. The number of fused-ring (bicyclic) bond motifs is 1. The molecule has 4 rings (SSSR count). The molecule has 6 nitrogen and oxygen atoms in total. The maximum absolute atomic E-state index is 12.8. The van der Waals surface area contributed by atoms with Gasteiger partial charge in [0.05, 0.1) is 13.0 Å². The third-order valence-electron chi connectivity index (χ3n) is 8.07. The molecule has 0 bridgehead atoms. The summed E-state index contributed by atoms with van der Waals surface area (Å²) < 4.78 is 17.2. The summed E-state index contributed by atoms with van der Waals surface area (Å²) in [6.07, 6.45) is 5.24. The third-order valence-corrected chi connectivity index (χ3v) is 8.07. The predicted molar refractivity (Wildman–Crippen MR) is 173 cm³/mol. The van der Waals surface area contributed by atoms with Crippen LogP contribution in [-0.2, 0) is 19.1 Å². The number of hydrogen-bond acceptors (Lipinski definition) is 6. The van der Waals surface area contributed by atoms with Crippen molar-refractivity contribution in [2.45, 2.75) is 85.2 Å². The van der Waals surface area contributed by atoms with E-state index in [0.29, 0.717) is 29.1 Å². The topological polar surface area (TPSA) is 86.0 Å². The molecule has 0 saturated carbocycles. The number of furan rings is 1. The van der Waals surface area contributed by atoms with Crippen molar-refractivity contribution >= 4 is 22.9 Å². The van der Waals surface area contributed by atoms with Crippen molar-refractivity contribution in [1.29, 1.82) is 0 Å². The predicted octanol–water partition coefficient (Wildman–Crippen LogP) is 7.88. The minimum absolute atomic E-state index is 0.0874. The molecule has 1 aliphatic heterocycles. The van der Waals surface area contributed by atoms with Gasteiger partial charge in [0.2, 0.25) is 0 Å². The molecule has 0 radical (unpaired) electrons. The molecule has 2 aromatic carbocycles. The smallest absolute Gasteiger partial charge is 0.334 e. The van der Waals surface area contributed by atoms with E-state index in [1.54, 1.807) is 0 Å². The quantitative estimate of drug-likeness (QED) is 0.130. The molecule has 3 aromatic rings. The maximum atomic E-state index is 12.8. The van der Waals surface area contributed by atoms with Crippen molar-refractivity contribution in [1.82, 2.24) is 0 Å². The number of cyclic esters (lactones) is 1. The summed E-state index contributed by atoms with van der Waals surface area (Å²) in [6.45, 7) is 12.2. The van der Waals surface area contributed by atoms with Gasteiger partial charge >= 0.3 is 11.9 Å². The van der Waals surface area contributed by atoms with Crippen LogP contribution in [-0.4, -0.2) is 35.9 Å². The van der Waals surface area contributed by atoms with Crippen molar-refractivity contribution in [3.63, 3.8) is 0 Å². The summed E-state index contributed by atoms with van der Waals surface area (Å²) in [6, 6.07) is 15.8. The molecule has 0 aliphatic carbocycles. The Morgan fingerprint density at radius 2 is 1.66 bits per heavy atom. The first-order valence-corrected chi connectivity index (χ1v) is 15.8. The fraction of sp³-hybridized carbons (Fsp3) is 0.474. The van der Waals surface area contributed by atoms with E-state index in [2.05, 4.69) is 39.5 Å². The highest BCUT2D eigenvalue weighted by molar-refractivity contribution is 5.91. The van der Waals surface area contributed by atoms with E-state index in [1.165, 1.54) is 5.56 Å². The summed E-state index contributed by atoms with van der Waals surface area (Å²) in [5.41, 5.74) is 3.05. The zero-order valence-corrected chi connectivity index (χ0v) is 26.9. The summed E-state index contributed by atoms with van der Waals surface area (Å²) in [4.78, 5) is 25.5. The largest absolute Gasteiger partial charge is 0.461 e. The van der Waals surface area contributed by atoms with Crippen LogP contribution in [0.5, 0.6) is 0 Å². The lowest BCUT2D eigenvalue weighted by Gasteiger charge is -2.24. The highest BCUT2D eigenvalue weighted by Gasteiger charge is 2.44. The van der Waals surface area contributed by atoms with E-state index in [-0.39, 0.29) is 25.4 Å². The molecule has 1 aliphatic rings. The van der Waals surface area contributed by atoms with Gasteiger partial charge in [0.25, 0.3) is 0 Å². The Hall–Kier alpha value is -3.82. The van der Waals surface area contributed by atoms with Crippen molar-refractivity contribution in [2.75, 3.05) is 13.2 Å². The van der Waals surface area contributed by atoms with Crippen LogP contribution in [0.2, 0.25) is 0 Å². The molecule has 0 unspecified atom stereocenters. The van der Waals surface area contributed by atoms with Gasteiger partial charge < -0.3 is 19.0 Å². The van der Waals surface area contributed by atoms with Gasteiger partial charge in [-0.3, -0.25) is 4.79 Å². The van der Waals surface area contributed by atoms with Crippen LogP contribution in [0.3, 0.4) is 0 Å². The summed E-state index contributed by atoms with van der Waals surface area (Å²) in [7, 11) is 0. The second-order valence-electron chi connectivity index (χ2n) is 13.3. The SMILES string of the molecule is Cc1ccc(C#Cc2ccc3oc([C@@H](C)CC(=O)OC[C@]4(CO)C/C(=C\CC(CC(C)C)CC(C)C)C(=O)O4)cc3c2)cc1. The lowest BCUT2D eigenvalue weighted by Crippen LogP contribution is -2.39. The third kappa shape index (κ3) is 9.09. The molecule has 44 heavy (non-hydrogen) atoms. The average Bonchev–Trinajstić information content (AvgIpc) is 3.54. The first-order valence-electron chi connectivity index (χ1n) is 15.8. The van der Waals surface area contributed by atoms with Gasteiger partial charge in [-0.25, -0.2) is 4.79 Å². The van der Waals surface area contributed by atoms with Crippen LogP contribution in [0.15, 0.2) is 64.6 Å².